The van der Waals surface area contributed by atoms with Gasteiger partial charge in [-0.3, -0.25) is 9.59 Å². The van der Waals surface area contributed by atoms with E-state index in [1.54, 1.807) is 19.2 Å². The molecule has 0 radical (unpaired) electrons. The van der Waals surface area contributed by atoms with E-state index in [9.17, 15) is 9.59 Å². The van der Waals surface area contributed by atoms with Crippen molar-refractivity contribution >= 4 is 17.5 Å². The Bertz CT molecular complexity index is 1350. The summed E-state index contributed by atoms with van der Waals surface area (Å²) in [5.74, 6) is -0.526. The van der Waals surface area contributed by atoms with E-state index in [-0.39, 0.29) is 34.5 Å². The van der Waals surface area contributed by atoms with Gasteiger partial charge in [0.05, 0.1) is 24.6 Å². The second-order valence-electron chi connectivity index (χ2n) is 12.9. The molecule has 2 bridgehead atoms. The van der Waals surface area contributed by atoms with Gasteiger partial charge in [0.15, 0.2) is 0 Å². The molecule has 4 heteroatoms. The van der Waals surface area contributed by atoms with Crippen molar-refractivity contribution in [2.75, 3.05) is 12.0 Å². The van der Waals surface area contributed by atoms with Crippen molar-refractivity contribution in [1.82, 2.24) is 0 Å². The number of amides is 2. The van der Waals surface area contributed by atoms with Crippen molar-refractivity contribution in [1.29, 1.82) is 0 Å². The molecule has 1 heterocycles. The van der Waals surface area contributed by atoms with Gasteiger partial charge in [-0.25, -0.2) is 4.90 Å². The zero-order valence-electron chi connectivity index (χ0n) is 22.8. The molecule has 4 aliphatic rings. The summed E-state index contributed by atoms with van der Waals surface area (Å²) in [7, 11) is 1.61. The summed E-state index contributed by atoms with van der Waals surface area (Å²) >= 11 is 0. The number of hydrogen-bond acceptors (Lipinski definition) is 3. The number of carbonyl (C=O) groups is 2. The molecule has 7 rings (SSSR count). The lowest BCUT2D eigenvalue weighted by Gasteiger charge is -2.47. The summed E-state index contributed by atoms with van der Waals surface area (Å²) < 4.78 is 5.30. The van der Waals surface area contributed by atoms with Crippen molar-refractivity contribution in [3.63, 3.8) is 0 Å². The topological polar surface area (TPSA) is 46.6 Å². The summed E-state index contributed by atoms with van der Waals surface area (Å²) in [5, 5.41) is 0. The summed E-state index contributed by atoms with van der Waals surface area (Å²) in [6.07, 6.45) is 0. The van der Waals surface area contributed by atoms with Crippen LogP contribution in [0.15, 0.2) is 60.7 Å². The Balaban J connectivity index is 1.55. The number of nitrogens with zero attached hydrogens (tertiary/aromatic N) is 1. The number of anilines is 1. The zero-order chi connectivity index (χ0) is 26.4. The van der Waals surface area contributed by atoms with Gasteiger partial charge in [0.25, 0.3) is 0 Å². The minimum atomic E-state index is -0.393. The van der Waals surface area contributed by atoms with Gasteiger partial charge in [-0.05, 0) is 68.5 Å². The summed E-state index contributed by atoms with van der Waals surface area (Å²) in [4.78, 5) is 29.6. The van der Waals surface area contributed by atoms with Crippen LogP contribution in [0.4, 0.5) is 5.69 Å². The predicted octanol–water partition coefficient (Wildman–Crippen LogP) is 6.69. The normalized spacial score (nSPS) is 24.1. The first-order valence-electron chi connectivity index (χ1n) is 13.2. The number of methoxy groups -OCH3 is 1. The molecular weight excluding hydrogens is 458 g/mol. The van der Waals surface area contributed by atoms with Crippen LogP contribution in [0.25, 0.3) is 0 Å². The van der Waals surface area contributed by atoms with Crippen LogP contribution >= 0.6 is 0 Å². The molecule has 2 amide bonds. The number of rotatable bonds is 2. The Morgan fingerprint density at radius 1 is 0.622 bits per heavy atom. The Labute approximate surface area is 219 Å². The molecule has 3 aromatic rings. The third-order valence-corrected chi connectivity index (χ3v) is 8.69. The SMILES string of the molecule is COc1ccc(N2C(=O)[C@@H]3[C@H]4c5ccc(C(C)(C)C)cc5[C@H](c5ccc(C(C)(C)C)cc54)[C@H]3C2=O)cc1. The van der Waals surface area contributed by atoms with E-state index in [1.807, 2.05) is 12.1 Å². The Hall–Kier alpha value is -3.40. The molecule has 1 aliphatic heterocycles. The molecule has 0 saturated carbocycles. The highest BCUT2D eigenvalue weighted by Crippen LogP contribution is 2.62. The van der Waals surface area contributed by atoms with Crippen molar-refractivity contribution in [3.8, 4) is 5.75 Å². The van der Waals surface area contributed by atoms with Gasteiger partial charge >= 0.3 is 0 Å². The number of hydrogen-bond donors (Lipinski definition) is 0. The maximum Gasteiger partial charge on any atom is 0.238 e. The zero-order valence-corrected chi connectivity index (χ0v) is 22.8. The Morgan fingerprint density at radius 3 is 1.43 bits per heavy atom. The van der Waals surface area contributed by atoms with E-state index in [0.29, 0.717) is 11.4 Å². The molecular formula is C33H35NO3. The van der Waals surface area contributed by atoms with E-state index in [1.165, 1.54) is 38.3 Å². The molecule has 3 aliphatic carbocycles. The van der Waals surface area contributed by atoms with E-state index in [4.69, 9.17) is 4.74 Å². The van der Waals surface area contributed by atoms with Crippen LogP contribution in [-0.4, -0.2) is 18.9 Å². The third-order valence-electron chi connectivity index (χ3n) is 8.69. The van der Waals surface area contributed by atoms with Crippen molar-refractivity contribution in [2.24, 2.45) is 11.8 Å². The fourth-order valence-electron chi connectivity index (χ4n) is 6.70. The molecule has 37 heavy (non-hydrogen) atoms. The van der Waals surface area contributed by atoms with Crippen molar-refractivity contribution < 1.29 is 14.3 Å². The molecule has 4 atom stereocenters. The largest absolute Gasteiger partial charge is 0.497 e. The highest BCUT2D eigenvalue weighted by Gasteiger charge is 2.62. The molecule has 0 N–H and O–H groups in total. The fourth-order valence-corrected chi connectivity index (χ4v) is 6.70. The third kappa shape index (κ3) is 3.41. The highest BCUT2D eigenvalue weighted by molar-refractivity contribution is 6.23. The van der Waals surface area contributed by atoms with Gasteiger partial charge in [-0.2, -0.15) is 0 Å². The molecule has 1 saturated heterocycles. The second-order valence-corrected chi connectivity index (χ2v) is 12.9. The van der Waals surface area contributed by atoms with Crippen LogP contribution in [0, 0.1) is 11.8 Å². The predicted molar refractivity (Wildman–Crippen MR) is 146 cm³/mol. The van der Waals surface area contributed by atoms with Crippen LogP contribution in [0.5, 0.6) is 5.75 Å². The quantitative estimate of drug-likeness (QED) is 0.374. The molecule has 0 spiro atoms. The summed E-state index contributed by atoms with van der Waals surface area (Å²) in [5.41, 5.74) is 7.96. The standard InChI is InChI=1S/C33H35NO3/c1-32(2,3)18-8-14-22-24(16-18)26-23-15-9-19(33(4,5)6)17-25(23)27(22)29-28(26)30(35)34(31(29)36)20-10-12-21(37-7)13-11-20/h8-17,26-29H,1-7H3/t26-,27-,28+,29+/m0/s1. The first kappa shape index (κ1) is 24.0. The van der Waals surface area contributed by atoms with Gasteiger partial charge in [-0.1, -0.05) is 77.9 Å². The lowest BCUT2D eigenvalue weighted by Crippen LogP contribution is -2.42. The Kier molecular flexibility index (Phi) is 5.05. The van der Waals surface area contributed by atoms with Crippen molar-refractivity contribution in [2.45, 2.75) is 64.2 Å². The summed E-state index contributed by atoms with van der Waals surface area (Å²) in [6.45, 7) is 13.3. The maximum absolute atomic E-state index is 14.1. The first-order chi connectivity index (χ1) is 17.4. The van der Waals surface area contributed by atoms with Crippen LogP contribution in [0.3, 0.4) is 0 Å². The van der Waals surface area contributed by atoms with Crippen LogP contribution in [0.2, 0.25) is 0 Å². The molecule has 4 nitrogen and oxygen atoms in total. The van der Waals surface area contributed by atoms with Crippen molar-refractivity contribution in [3.05, 3.63) is 94.0 Å². The average Bonchev–Trinajstić information content (AvgIpc) is 3.12. The number of ether oxygens (including phenoxy) is 1. The minimum absolute atomic E-state index is 0.00528. The Morgan fingerprint density at radius 2 is 1.05 bits per heavy atom. The fraction of sp³-hybridized carbons (Fsp3) is 0.394. The van der Waals surface area contributed by atoms with Gasteiger partial charge < -0.3 is 4.74 Å². The molecule has 3 aromatic carbocycles. The lowest BCUT2D eigenvalue weighted by molar-refractivity contribution is -0.122. The lowest BCUT2D eigenvalue weighted by atomic mass is 9.54. The first-order valence-corrected chi connectivity index (χ1v) is 13.2. The monoisotopic (exact) mass is 493 g/mol. The molecule has 0 unspecified atom stereocenters. The van der Waals surface area contributed by atoms with Crippen LogP contribution in [-0.2, 0) is 20.4 Å². The maximum atomic E-state index is 14.1. The number of carbonyl (C=O) groups excluding carboxylic acids is 2. The van der Waals surface area contributed by atoms with Gasteiger partial charge in [-0.15, -0.1) is 0 Å². The molecule has 1 fully saturated rings. The number of imide groups is 1. The average molecular weight is 494 g/mol. The minimum Gasteiger partial charge on any atom is -0.497 e. The van der Waals surface area contributed by atoms with E-state index in [2.05, 4.69) is 77.9 Å². The van der Waals surface area contributed by atoms with Gasteiger partial charge in [0, 0.05) is 11.8 Å². The van der Waals surface area contributed by atoms with Crippen LogP contribution < -0.4 is 9.64 Å². The van der Waals surface area contributed by atoms with E-state index in [0.717, 1.165) is 0 Å². The highest BCUT2D eigenvalue weighted by atomic mass is 16.5. The van der Waals surface area contributed by atoms with Gasteiger partial charge in [0.2, 0.25) is 11.8 Å². The molecule has 0 aromatic heterocycles. The summed E-state index contributed by atoms with van der Waals surface area (Å²) in [6, 6.07) is 20.7. The van der Waals surface area contributed by atoms with Gasteiger partial charge in [0.1, 0.15) is 5.75 Å². The molecule has 190 valence electrons. The van der Waals surface area contributed by atoms with E-state index >= 15 is 0 Å². The van der Waals surface area contributed by atoms with Crippen LogP contribution in [0.1, 0.15) is 86.8 Å². The van der Waals surface area contributed by atoms with E-state index < -0.39 is 11.8 Å². The smallest absolute Gasteiger partial charge is 0.238 e. The second kappa shape index (κ2) is 7.80. The number of benzene rings is 3.